The van der Waals surface area contributed by atoms with E-state index in [4.69, 9.17) is 16.3 Å². The van der Waals surface area contributed by atoms with E-state index >= 15 is 0 Å². The minimum Gasteiger partial charge on any atom is -0.466 e. The Morgan fingerprint density at radius 2 is 2.18 bits per heavy atom. The molecule has 0 saturated carbocycles. The fourth-order valence-electron chi connectivity index (χ4n) is 1.61. The fourth-order valence-corrected chi connectivity index (χ4v) is 2.75. The lowest BCUT2D eigenvalue weighted by molar-refractivity contribution is -0.142. The molecule has 2 aromatic heterocycles. The maximum atomic E-state index is 12.6. The smallest absolute Gasteiger partial charge is 0.417 e. The van der Waals surface area contributed by atoms with Crippen LogP contribution >= 0.6 is 22.9 Å². The summed E-state index contributed by atoms with van der Waals surface area (Å²) in [6, 6.07) is 0.802. The molecule has 2 rings (SSSR count). The Hall–Kier alpha value is -1.67. The van der Waals surface area contributed by atoms with Gasteiger partial charge in [0.2, 0.25) is 0 Å². The third-order valence-electron chi connectivity index (χ3n) is 2.55. The molecule has 2 aromatic rings. The molecule has 0 unspecified atom stereocenters. The van der Waals surface area contributed by atoms with Crippen LogP contribution in [-0.4, -0.2) is 22.5 Å². The molecule has 0 amide bonds. The van der Waals surface area contributed by atoms with Gasteiger partial charge in [-0.1, -0.05) is 11.6 Å². The summed E-state index contributed by atoms with van der Waals surface area (Å²) in [6.45, 7) is 1.96. The van der Waals surface area contributed by atoms with Gasteiger partial charge in [0.05, 0.1) is 29.3 Å². The van der Waals surface area contributed by atoms with E-state index in [0.717, 1.165) is 17.4 Å². The molecule has 22 heavy (non-hydrogen) atoms. The molecule has 0 atom stereocenters. The topological polar surface area (TPSA) is 52.1 Å². The van der Waals surface area contributed by atoms with Crippen LogP contribution in [0.25, 0.3) is 10.7 Å². The van der Waals surface area contributed by atoms with Crippen LogP contribution in [-0.2, 0) is 22.1 Å². The van der Waals surface area contributed by atoms with Crippen LogP contribution in [0, 0.1) is 0 Å². The molecule has 2 heterocycles. The highest BCUT2D eigenvalue weighted by Crippen LogP contribution is 2.34. The van der Waals surface area contributed by atoms with Gasteiger partial charge in [0.15, 0.2) is 0 Å². The standard InChI is InChI=1S/C13H10ClF3N2O2S/c1-2-21-10(20)4-8-6-22-12(19-8)11-9(14)3-7(5-18-11)13(15,16)17/h3,5-6H,2,4H2,1H3. The van der Waals surface area contributed by atoms with Crippen LogP contribution < -0.4 is 0 Å². The summed E-state index contributed by atoms with van der Waals surface area (Å²) in [5.74, 6) is -0.425. The molecule has 0 saturated heterocycles. The number of thiazole rings is 1. The largest absolute Gasteiger partial charge is 0.466 e. The van der Waals surface area contributed by atoms with E-state index in [1.165, 1.54) is 0 Å². The number of carbonyl (C=O) groups is 1. The maximum absolute atomic E-state index is 12.6. The van der Waals surface area contributed by atoms with Crippen molar-refractivity contribution in [3.63, 3.8) is 0 Å². The highest BCUT2D eigenvalue weighted by Gasteiger charge is 2.31. The molecule has 0 spiro atoms. The number of nitrogens with zero attached hydrogens (tertiary/aromatic N) is 2. The molecule has 0 aliphatic heterocycles. The van der Waals surface area contributed by atoms with Crippen LogP contribution in [0.15, 0.2) is 17.6 Å². The maximum Gasteiger partial charge on any atom is 0.417 e. The predicted octanol–water partition coefficient (Wildman–Crippen LogP) is 3.98. The van der Waals surface area contributed by atoms with Gasteiger partial charge in [0, 0.05) is 11.6 Å². The summed E-state index contributed by atoms with van der Waals surface area (Å²) < 4.78 is 42.5. The first-order valence-corrected chi connectivity index (χ1v) is 7.40. The monoisotopic (exact) mass is 350 g/mol. The molecule has 0 aliphatic rings. The first-order valence-electron chi connectivity index (χ1n) is 6.14. The number of esters is 1. The quantitative estimate of drug-likeness (QED) is 0.782. The van der Waals surface area contributed by atoms with E-state index in [1.807, 2.05) is 0 Å². The van der Waals surface area contributed by atoms with Gasteiger partial charge < -0.3 is 4.74 Å². The van der Waals surface area contributed by atoms with Crippen molar-refractivity contribution in [1.29, 1.82) is 0 Å². The second kappa shape index (κ2) is 6.62. The number of hydrogen-bond acceptors (Lipinski definition) is 5. The minimum absolute atomic E-state index is 0.0113. The van der Waals surface area contributed by atoms with Crippen molar-refractivity contribution in [3.8, 4) is 10.7 Å². The molecule has 9 heteroatoms. The highest BCUT2D eigenvalue weighted by atomic mass is 35.5. The highest BCUT2D eigenvalue weighted by molar-refractivity contribution is 7.13. The lowest BCUT2D eigenvalue weighted by atomic mass is 10.2. The number of halogens is 4. The Morgan fingerprint density at radius 3 is 2.77 bits per heavy atom. The summed E-state index contributed by atoms with van der Waals surface area (Å²) >= 11 is 6.99. The van der Waals surface area contributed by atoms with E-state index in [0.29, 0.717) is 16.9 Å². The Bertz CT molecular complexity index is 688. The zero-order chi connectivity index (χ0) is 16.3. The Labute approximate surface area is 132 Å². The van der Waals surface area contributed by atoms with Gasteiger partial charge in [0.25, 0.3) is 0 Å². The Kier molecular flexibility index (Phi) is 5.02. The number of pyridine rings is 1. The SMILES string of the molecule is CCOC(=O)Cc1csc(-c2ncc(C(F)(F)F)cc2Cl)n1. The molecule has 0 fully saturated rings. The fraction of sp³-hybridized carbons (Fsp3) is 0.308. The van der Waals surface area contributed by atoms with Gasteiger partial charge in [-0.2, -0.15) is 13.2 Å². The number of ether oxygens (including phenoxy) is 1. The number of alkyl halides is 3. The zero-order valence-electron chi connectivity index (χ0n) is 11.3. The minimum atomic E-state index is -4.51. The summed E-state index contributed by atoms with van der Waals surface area (Å²) in [5, 5.41) is 1.81. The molecule has 4 nitrogen and oxygen atoms in total. The molecule has 0 radical (unpaired) electrons. The summed E-state index contributed by atoms with van der Waals surface area (Å²) in [4.78, 5) is 19.2. The van der Waals surface area contributed by atoms with Gasteiger partial charge in [-0.3, -0.25) is 9.78 Å². The third-order valence-corrected chi connectivity index (χ3v) is 3.74. The number of carbonyl (C=O) groups excluding carboxylic acids is 1. The zero-order valence-corrected chi connectivity index (χ0v) is 12.8. The molecular weight excluding hydrogens is 341 g/mol. The lowest BCUT2D eigenvalue weighted by Gasteiger charge is -2.07. The second-order valence-electron chi connectivity index (χ2n) is 4.18. The van der Waals surface area contributed by atoms with E-state index in [2.05, 4.69) is 9.97 Å². The van der Waals surface area contributed by atoms with Crippen LogP contribution in [0.1, 0.15) is 18.2 Å². The first-order chi connectivity index (χ1) is 10.3. The summed E-state index contributed by atoms with van der Waals surface area (Å²) in [7, 11) is 0. The molecule has 0 bridgehead atoms. The number of aromatic nitrogens is 2. The van der Waals surface area contributed by atoms with E-state index in [-0.39, 0.29) is 23.7 Å². The molecular formula is C13H10ClF3N2O2S. The molecule has 0 aliphatic carbocycles. The van der Waals surface area contributed by atoms with Crippen LogP contribution in [0.3, 0.4) is 0 Å². The molecule has 0 aromatic carbocycles. The number of hydrogen-bond donors (Lipinski definition) is 0. The first kappa shape index (κ1) is 16.7. The summed E-state index contributed by atoms with van der Waals surface area (Å²) in [5.41, 5.74) is -0.324. The van der Waals surface area contributed by atoms with Crippen molar-refractivity contribution in [1.82, 2.24) is 9.97 Å². The van der Waals surface area contributed by atoms with Crippen LogP contribution in [0.5, 0.6) is 0 Å². The average molecular weight is 351 g/mol. The van der Waals surface area contributed by atoms with Crippen molar-refractivity contribution in [2.75, 3.05) is 6.61 Å². The van der Waals surface area contributed by atoms with Crippen molar-refractivity contribution in [2.45, 2.75) is 19.5 Å². The normalized spacial score (nSPS) is 11.5. The van der Waals surface area contributed by atoms with Crippen molar-refractivity contribution in [3.05, 3.63) is 33.9 Å². The van der Waals surface area contributed by atoms with Gasteiger partial charge >= 0.3 is 12.1 Å². The Morgan fingerprint density at radius 1 is 1.45 bits per heavy atom. The molecule has 0 N–H and O–H groups in total. The van der Waals surface area contributed by atoms with E-state index in [1.54, 1.807) is 12.3 Å². The van der Waals surface area contributed by atoms with Crippen molar-refractivity contribution >= 4 is 28.9 Å². The van der Waals surface area contributed by atoms with Gasteiger partial charge in [-0.25, -0.2) is 4.98 Å². The third kappa shape index (κ3) is 3.95. The second-order valence-corrected chi connectivity index (χ2v) is 5.44. The molecule has 118 valence electrons. The predicted molar refractivity (Wildman–Crippen MR) is 75.7 cm³/mol. The average Bonchev–Trinajstić information content (AvgIpc) is 2.86. The van der Waals surface area contributed by atoms with Crippen LogP contribution in [0.4, 0.5) is 13.2 Å². The lowest BCUT2D eigenvalue weighted by Crippen LogP contribution is -2.07. The van der Waals surface area contributed by atoms with Crippen molar-refractivity contribution in [2.24, 2.45) is 0 Å². The Balaban J connectivity index is 2.22. The van der Waals surface area contributed by atoms with Gasteiger partial charge in [0.1, 0.15) is 10.7 Å². The van der Waals surface area contributed by atoms with E-state index in [9.17, 15) is 18.0 Å². The number of rotatable bonds is 4. The van der Waals surface area contributed by atoms with Crippen molar-refractivity contribution < 1.29 is 22.7 Å². The summed E-state index contributed by atoms with van der Waals surface area (Å²) in [6.07, 6.45) is -3.82. The van der Waals surface area contributed by atoms with Crippen LogP contribution in [0.2, 0.25) is 5.02 Å². The van der Waals surface area contributed by atoms with Gasteiger partial charge in [-0.05, 0) is 13.0 Å². The van der Waals surface area contributed by atoms with E-state index < -0.39 is 17.7 Å². The van der Waals surface area contributed by atoms with Gasteiger partial charge in [-0.15, -0.1) is 11.3 Å².